The fourth-order valence-corrected chi connectivity index (χ4v) is 2.63. The fraction of sp³-hybridized carbons (Fsp3) is 0.938. The summed E-state index contributed by atoms with van der Waals surface area (Å²) in [5.74, 6) is 0.873. The van der Waals surface area contributed by atoms with Crippen LogP contribution in [0.15, 0.2) is 4.99 Å². The van der Waals surface area contributed by atoms with E-state index in [0.29, 0.717) is 6.10 Å². The lowest BCUT2D eigenvalue weighted by Crippen LogP contribution is -2.40. The summed E-state index contributed by atoms with van der Waals surface area (Å²) in [6.45, 7) is 3.63. The van der Waals surface area contributed by atoms with Gasteiger partial charge >= 0.3 is 0 Å². The Morgan fingerprint density at radius 1 is 1.09 bits per heavy atom. The first-order valence-corrected chi connectivity index (χ1v) is 8.43. The first kappa shape index (κ1) is 21.9. The van der Waals surface area contributed by atoms with Gasteiger partial charge in [0, 0.05) is 20.1 Å². The summed E-state index contributed by atoms with van der Waals surface area (Å²) < 4.78 is 5.96. The van der Waals surface area contributed by atoms with Crippen molar-refractivity contribution in [1.82, 2.24) is 15.5 Å². The molecule has 0 amide bonds. The molecule has 1 rings (SSSR count). The normalized spacial score (nSPS) is 17.0. The zero-order valence-corrected chi connectivity index (χ0v) is 16.9. The standard InChI is InChI=1S/C16H34N4O.HI/c1-17-16(18-11-8-13-20(2)3)19-12-14-21-15-9-6-4-5-7-10-15;/h15H,4-14H2,1-3H3,(H2,17,18,19);1H. The van der Waals surface area contributed by atoms with Crippen molar-refractivity contribution in [2.45, 2.75) is 51.0 Å². The number of halogens is 1. The number of guanidine groups is 1. The summed E-state index contributed by atoms with van der Waals surface area (Å²) in [4.78, 5) is 6.42. The number of nitrogens with one attached hydrogen (secondary N) is 2. The smallest absolute Gasteiger partial charge is 0.191 e. The van der Waals surface area contributed by atoms with E-state index in [1.165, 1.54) is 38.5 Å². The van der Waals surface area contributed by atoms with Gasteiger partial charge in [-0.15, -0.1) is 24.0 Å². The van der Waals surface area contributed by atoms with Gasteiger partial charge in [-0.3, -0.25) is 4.99 Å². The van der Waals surface area contributed by atoms with Crippen LogP contribution in [0.4, 0.5) is 0 Å². The van der Waals surface area contributed by atoms with Gasteiger partial charge in [0.1, 0.15) is 0 Å². The molecule has 0 aromatic rings. The highest BCUT2D eigenvalue weighted by atomic mass is 127. The van der Waals surface area contributed by atoms with Gasteiger partial charge in [0.15, 0.2) is 5.96 Å². The van der Waals surface area contributed by atoms with Gasteiger partial charge in [0.05, 0.1) is 12.7 Å². The van der Waals surface area contributed by atoms with Crippen LogP contribution in [0.5, 0.6) is 0 Å². The highest BCUT2D eigenvalue weighted by Crippen LogP contribution is 2.19. The van der Waals surface area contributed by atoms with Crippen LogP contribution in [-0.4, -0.2) is 64.3 Å². The van der Waals surface area contributed by atoms with E-state index in [1.54, 1.807) is 0 Å². The molecule has 1 saturated carbocycles. The minimum Gasteiger partial charge on any atom is -0.376 e. The van der Waals surface area contributed by atoms with Crippen molar-refractivity contribution in [2.24, 2.45) is 4.99 Å². The number of hydrogen-bond acceptors (Lipinski definition) is 3. The Morgan fingerprint density at radius 3 is 2.32 bits per heavy atom. The third-order valence-electron chi connectivity index (χ3n) is 3.85. The van der Waals surface area contributed by atoms with Crippen LogP contribution in [0.3, 0.4) is 0 Å². The minimum atomic E-state index is 0. The Morgan fingerprint density at radius 2 is 1.73 bits per heavy atom. The van der Waals surface area contributed by atoms with Crippen molar-refractivity contribution in [2.75, 3.05) is 47.4 Å². The molecule has 0 radical (unpaired) electrons. The highest BCUT2D eigenvalue weighted by molar-refractivity contribution is 14.0. The van der Waals surface area contributed by atoms with Gasteiger partial charge in [0.25, 0.3) is 0 Å². The molecule has 0 bridgehead atoms. The zero-order valence-electron chi connectivity index (χ0n) is 14.6. The third kappa shape index (κ3) is 11.5. The minimum absolute atomic E-state index is 0. The molecular formula is C16H35IN4O. The van der Waals surface area contributed by atoms with Crippen molar-refractivity contribution >= 4 is 29.9 Å². The van der Waals surface area contributed by atoms with Crippen molar-refractivity contribution in [3.05, 3.63) is 0 Å². The first-order valence-electron chi connectivity index (χ1n) is 8.43. The van der Waals surface area contributed by atoms with Crippen molar-refractivity contribution in [1.29, 1.82) is 0 Å². The molecule has 0 saturated heterocycles. The van der Waals surface area contributed by atoms with E-state index in [2.05, 4.69) is 34.6 Å². The van der Waals surface area contributed by atoms with Crippen LogP contribution < -0.4 is 10.6 Å². The maximum absolute atomic E-state index is 5.96. The summed E-state index contributed by atoms with van der Waals surface area (Å²) in [6.07, 6.45) is 9.47. The van der Waals surface area contributed by atoms with E-state index in [9.17, 15) is 0 Å². The van der Waals surface area contributed by atoms with Gasteiger partial charge < -0.3 is 20.3 Å². The van der Waals surface area contributed by atoms with E-state index < -0.39 is 0 Å². The SMILES string of the molecule is CN=C(NCCCN(C)C)NCCOC1CCCCCC1.I. The predicted octanol–water partition coefficient (Wildman–Crippen LogP) is 2.46. The van der Waals surface area contributed by atoms with E-state index >= 15 is 0 Å². The largest absolute Gasteiger partial charge is 0.376 e. The molecule has 0 aromatic carbocycles. The zero-order chi connectivity index (χ0) is 15.3. The van der Waals surface area contributed by atoms with Crippen molar-refractivity contribution in [3.63, 3.8) is 0 Å². The van der Waals surface area contributed by atoms with Gasteiger partial charge in [-0.05, 0) is 39.9 Å². The summed E-state index contributed by atoms with van der Waals surface area (Å²) in [6, 6.07) is 0. The van der Waals surface area contributed by atoms with E-state index in [0.717, 1.165) is 38.6 Å². The van der Waals surface area contributed by atoms with E-state index in [-0.39, 0.29) is 24.0 Å². The second kappa shape index (κ2) is 14.5. The number of hydrogen-bond donors (Lipinski definition) is 2. The molecule has 0 heterocycles. The third-order valence-corrected chi connectivity index (χ3v) is 3.85. The maximum atomic E-state index is 5.96. The molecule has 0 aliphatic heterocycles. The Bertz CT molecular complexity index is 279. The molecule has 132 valence electrons. The van der Waals surface area contributed by atoms with Crippen LogP contribution in [0.1, 0.15) is 44.9 Å². The maximum Gasteiger partial charge on any atom is 0.191 e. The Kier molecular flexibility index (Phi) is 14.5. The molecule has 1 fully saturated rings. The molecule has 22 heavy (non-hydrogen) atoms. The van der Waals surface area contributed by atoms with E-state index in [4.69, 9.17) is 4.74 Å². The summed E-state index contributed by atoms with van der Waals surface area (Å²) in [7, 11) is 6.00. The quantitative estimate of drug-likeness (QED) is 0.206. The molecule has 0 aromatic heterocycles. The summed E-state index contributed by atoms with van der Waals surface area (Å²) in [5.41, 5.74) is 0. The summed E-state index contributed by atoms with van der Waals surface area (Å²) in [5, 5.41) is 6.64. The monoisotopic (exact) mass is 426 g/mol. The molecule has 6 heteroatoms. The lowest BCUT2D eigenvalue weighted by atomic mass is 10.1. The molecule has 0 spiro atoms. The molecule has 5 nitrogen and oxygen atoms in total. The second-order valence-electron chi connectivity index (χ2n) is 6.07. The number of rotatable bonds is 8. The van der Waals surface area contributed by atoms with Crippen molar-refractivity contribution in [3.8, 4) is 0 Å². The predicted molar refractivity (Wildman–Crippen MR) is 105 cm³/mol. The second-order valence-corrected chi connectivity index (χ2v) is 6.07. The number of aliphatic imine (C=N–C) groups is 1. The Hall–Kier alpha value is -0.0800. The van der Waals surface area contributed by atoms with Crippen LogP contribution in [-0.2, 0) is 4.74 Å². The molecule has 2 N–H and O–H groups in total. The molecule has 0 atom stereocenters. The van der Waals surface area contributed by atoms with Crippen LogP contribution in [0, 0.1) is 0 Å². The molecule has 1 aliphatic carbocycles. The fourth-order valence-electron chi connectivity index (χ4n) is 2.63. The molecule has 0 unspecified atom stereocenters. The van der Waals surface area contributed by atoms with Crippen LogP contribution >= 0.6 is 24.0 Å². The lowest BCUT2D eigenvalue weighted by Gasteiger charge is -2.17. The van der Waals surface area contributed by atoms with E-state index in [1.807, 2.05) is 7.05 Å². The van der Waals surface area contributed by atoms with Gasteiger partial charge in [-0.25, -0.2) is 0 Å². The average molecular weight is 426 g/mol. The van der Waals surface area contributed by atoms with Crippen LogP contribution in [0.2, 0.25) is 0 Å². The van der Waals surface area contributed by atoms with Crippen molar-refractivity contribution < 1.29 is 4.74 Å². The first-order chi connectivity index (χ1) is 10.2. The number of nitrogens with zero attached hydrogens (tertiary/aromatic N) is 2. The van der Waals surface area contributed by atoms with Gasteiger partial charge in [0.2, 0.25) is 0 Å². The molecular weight excluding hydrogens is 391 g/mol. The average Bonchev–Trinajstić information content (AvgIpc) is 2.74. The van der Waals surface area contributed by atoms with Gasteiger partial charge in [-0.1, -0.05) is 25.7 Å². The Balaban J connectivity index is 0.00000441. The summed E-state index contributed by atoms with van der Waals surface area (Å²) >= 11 is 0. The topological polar surface area (TPSA) is 48.9 Å². The highest BCUT2D eigenvalue weighted by Gasteiger charge is 2.11. The Labute approximate surface area is 153 Å². The lowest BCUT2D eigenvalue weighted by molar-refractivity contribution is 0.0468. The number of ether oxygens (including phenoxy) is 1. The van der Waals surface area contributed by atoms with Gasteiger partial charge in [-0.2, -0.15) is 0 Å². The molecule has 1 aliphatic rings. The van der Waals surface area contributed by atoms with Crippen LogP contribution in [0.25, 0.3) is 0 Å².